The van der Waals surface area contributed by atoms with Crippen molar-refractivity contribution in [3.05, 3.63) is 36.2 Å². The maximum absolute atomic E-state index is 5.73. The quantitative estimate of drug-likeness (QED) is 0.901. The molecule has 0 unspecified atom stereocenters. The first-order valence-electron chi connectivity index (χ1n) is 6.94. The number of anilines is 1. The largest absolute Gasteiger partial charge is 0.491 e. The Bertz CT molecular complexity index is 582. The summed E-state index contributed by atoms with van der Waals surface area (Å²) < 4.78 is 5.73. The summed E-state index contributed by atoms with van der Waals surface area (Å²) >= 11 is 0. The Morgan fingerprint density at radius 3 is 2.75 bits per heavy atom. The van der Waals surface area contributed by atoms with Crippen LogP contribution in [0.5, 0.6) is 5.75 Å². The maximum Gasteiger partial charge on any atom is 0.132 e. The molecule has 2 aromatic rings. The van der Waals surface area contributed by atoms with Crippen molar-refractivity contribution in [1.82, 2.24) is 9.97 Å². The molecule has 2 rings (SSSR count). The molecule has 1 aromatic heterocycles. The highest BCUT2D eigenvalue weighted by Gasteiger charge is 2.09. The monoisotopic (exact) mass is 271 g/mol. The van der Waals surface area contributed by atoms with Gasteiger partial charge in [0.25, 0.3) is 0 Å². The first-order chi connectivity index (χ1) is 9.61. The number of nitrogens with one attached hydrogen (secondary N) is 1. The van der Waals surface area contributed by atoms with Crippen LogP contribution < -0.4 is 10.1 Å². The number of ether oxygens (including phenoxy) is 1. The SMILES string of the molecule is CCNc1ncnc(-c2cccc(OC(C)C)c2)c1C. The molecule has 0 spiro atoms. The van der Waals surface area contributed by atoms with Crippen molar-refractivity contribution in [3.63, 3.8) is 0 Å². The Morgan fingerprint density at radius 2 is 2.05 bits per heavy atom. The number of hydrogen-bond acceptors (Lipinski definition) is 4. The molecule has 0 radical (unpaired) electrons. The second-order valence-electron chi connectivity index (χ2n) is 4.92. The third-order valence-corrected chi connectivity index (χ3v) is 2.91. The standard InChI is InChI=1S/C16H21N3O/c1-5-17-16-12(4)15(18-10-19-16)13-7-6-8-14(9-13)20-11(2)3/h6-11H,5H2,1-4H3,(H,17,18,19). The molecule has 0 saturated heterocycles. The number of rotatable bonds is 5. The lowest BCUT2D eigenvalue weighted by atomic mass is 10.1. The van der Waals surface area contributed by atoms with Crippen LogP contribution in [0.15, 0.2) is 30.6 Å². The van der Waals surface area contributed by atoms with Crippen LogP contribution in [0.4, 0.5) is 5.82 Å². The van der Waals surface area contributed by atoms with Crippen molar-refractivity contribution < 1.29 is 4.74 Å². The topological polar surface area (TPSA) is 47.0 Å². The number of hydrogen-bond donors (Lipinski definition) is 1. The molecule has 4 heteroatoms. The minimum atomic E-state index is 0.161. The molecule has 0 bridgehead atoms. The van der Waals surface area contributed by atoms with Crippen LogP contribution in [0.2, 0.25) is 0 Å². The van der Waals surface area contributed by atoms with Crippen LogP contribution in [0, 0.1) is 6.92 Å². The van der Waals surface area contributed by atoms with Crippen LogP contribution in [-0.4, -0.2) is 22.6 Å². The van der Waals surface area contributed by atoms with Crippen molar-refractivity contribution in [2.75, 3.05) is 11.9 Å². The zero-order valence-electron chi connectivity index (χ0n) is 12.5. The van der Waals surface area contributed by atoms with Gasteiger partial charge in [-0.3, -0.25) is 0 Å². The van der Waals surface area contributed by atoms with E-state index in [0.717, 1.165) is 34.9 Å². The second kappa shape index (κ2) is 6.37. The smallest absolute Gasteiger partial charge is 0.132 e. The molecule has 1 aromatic carbocycles. The first-order valence-corrected chi connectivity index (χ1v) is 6.94. The van der Waals surface area contributed by atoms with Gasteiger partial charge in [0.2, 0.25) is 0 Å². The van der Waals surface area contributed by atoms with E-state index in [1.165, 1.54) is 0 Å². The maximum atomic E-state index is 5.73. The van der Waals surface area contributed by atoms with Gasteiger partial charge in [-0.2, -0.15) is 0 Å². The first kappa shape index (κ1) is 14.3. The van der Waals surface area contributed by atoms with Gasteiger partial charge in [0, 0.05) is 17.7 Å². The molecule has 4 nitrogen and oxygen atoms in total. The molecule has 0 atom stereocenters. The summed E-state index contributed by atoms with van der Waals surface area (Å²) in [5, 5.41) is 3.25. The zero-order chi connectivity index (χ0) is 14.5. The molecule has 0 aliphatic rings. The van der Waals surface area contributed by atoms with Gasteiger partial charge in [0.15, 0.2) is 0 Å². The minimum absolute atomic E-state index is 0.161. The Labute approximate surface area is 120 Å². The molecule has 1 heterocycles. The van der Waals surface area contributed by atoms with Crippen molar-refractivity contribution in [3.8, 4) is 17.0 Å². The normalized spacial score (nSPS) is 10.7. The lowest BCUT2D eigenvalue weighted by molar-refractivity contribution is 0.242. The van der Waals surface area contributed by atoms with Crippen molar-refractivity contribution in [2.45, 2.75) is 33.8 Å². The van der Waals surface area contributed by atoms with Crippen LogP contribution >= 0.6 is 0 Å². The average molecular weight is 271 g/mol. The van der Waals surface area contributed by atoms with Gasteiger partial charge in [-0.05, 0) is 39.8 Å². The van der Waals surface area contributed by atoms with E-state index in [2.05, 4.69) is 22.2 Å². The highest BCUT2D eigenvalue weighted by atomic mass is 16.5. The summed E-state index contributed by atoms with van der Waals surface area (Å²) in [5.41, 5.74) is 3.03. The van der Waals surface area contributed by atoms with Crippen molar-refractivity contribution in [1.29, 1.82) is 0 Å². The highest BCUT2D eigenvalue weighted by Crippen LogP contribution is 2.27. The lowest BCUT2D eigenvalue weighted by Crippen LogP contribution is -2.06. The fraction of sp³-hybridized carbons (Fsp3) is 0.375. The molecule has 0 aliphatic carbocycles. The predicted octanol–water partition coefficient (Wildman–Crippen LogP) is 3.67. The van der Waals surface area contributed by atoms with E-state index in [4.69, 9.17) is 4.74 Å². The summed E-state index contributed by atoms with van der Waals surface area (Å²) in [6.45, 7) is 8.97. The highest BCUT2D eigenvalue weighted by molar-refractivity contribution is 5.68. The molecule has 20 heavy (non-hydrogen) atoms. The van der Waals surface area contributed by atoms with E-state index in [1.54, 1.807) is 6.33 Å². The summed E-state index contributed by atoms with van der Waals surface area (Å²) in [7, 11) is 0. The van der Waals surface area contributed by atoms with Crippen LogP contribution in [0.3, 0.4) is 0 Å². The fourth-order valence-corrected chi connectivity index (χ4v) is 2.08. The molecule has 0 fully saturated rings. The molecular formula is C16H21N3O. The van der Waals surface area contributed by atoms with E-state index in [9.17, 15) is 0 Å². The molecular weight excluding hydrogens is 250 g/mol. The molecule has 0 amide bonds. The molecule has 0 aliphatic heterocycles. The van der Waals surface area contributed by atoms with E-state index in [0.29, 0.717) is 0 Å². The average Bonchev–Trinajstić information content (AvgIpc) is 2.41. The fourth-order valence-electron chi connectivity index (χ4n) is 2.08. The number of benzene rings is 1. The lowest BCUT2D eigenvalue weighted by Gasteiger charge is -2.13. The Kier molecular flexibility index (Phi) is 4.56. The van der Waals surface area contributed by atoms with Crippen molar-refractivity contribution >= 4 is 5.82 Å². The van der Waals surface area contributed by atoms with E-state index in [1.807, 2.05) is 45.0 Å². The van der Waals surface area contributed by atoms with Gasteiger partial charge in [-0.25, -0.2) is 9.97 Å². The van der Waals surface area contributed by atoms with E-state index >= 15 is 0 Å². The molecule has 0 saturated carbocycles. The van der Waals surface area contributed by atoms with Crippen LogP contribution in [0.25, 0.3) is 11.3 Å². The summed E-state index contributed by atoms with van der Waals surface area (Å²) in [6.07, 6.45) is 1.75. The second-order valence-corrected chi connectivity index (χ2v) is 4.92. The molecule has 1 N–H and O–H groups in total. The van der Waals surface area contributed by atoms with Gasteiger partial charge in [0.05, 0.1) is 11.8 Å². The van der Waals surface area contributed by atoms with Gasteiger partial charge >= 0.3 is 0 Å². The Morgan fingerprint density at radius 1 is 1.25 bits per heavy atom. The van der Waals surface area contributed by atoms with E-state index < -0.39 is 0 Å². The summed E-state index contributed by atoms with van der Waals surface area (Å²) in [6, 6.07) is 8.01. The third-order valence-electron chi connectivity index (χ3n) is 2.91. The molecule has 106 valence electrons. The minimum Gasteiger partial charge on any atom is -0.491 e. The van der Waals surface area contributed by atoms with Crippen LogP contribution in [0.1, 0.15) is 26.3 Å². The summed E-state index contributed by atoms with van der Waals surface area (Å²) in [4.78, 5) is 8.68. The van der Waals surface area contributed by atoms with Gasteiger partial charge in [-0.1, -0.05) is 12.1 Å². The third kappa shape index (κ3) is 3.26. The van der Waals surface area contributed by atoms with E-state index in [-0.39, 0.29) is 6.10 Å². The predicted molar refractivity (Wildman–Crippen MR) is 82.1 cm³/mol. The van der Waals surface area contributed by atoms with Crippen LogP contribution in [-0.2, 0) is 0 Å². The Hall–Kier alpha value is -2.10. The van der Waals surface area contributed by atoms with Gasteiger partial charge in [-0.15, -0.1) is 0 Å². The van der Waals surface area contributed by atoms with Crippen molar-refractivity contribution in [2.24, 2.45) is 0 Å². The van der Waals surface area contributed by atoms with Gasteiger partial charge in [0.1, 0.15) is 17.9 Å². The number of aromatic nitrogens is 2. The number of nitrogens with zero attached hydrogens (tertiary/aromatic N) is 2. The summed E-state index contributed by atoms with van der Waals surface area (Å²) in [5.74, 6) is 1.74. The zero-order valence-corrected chi connectivity index (χ0v) is 12.5. The van der Waals surface area contributed by atoms with Gasteiger partial charge < -0.3 is 10.1 Å². The Balaban J connectivity index is 2.38.